The number of esters is 2. The molecular formula is C62H36N2O10. The van der Waals surface area contributed by atoms with Crippen LogP contribution < -0.4 is 28.7 Å². The minimum absolute atomic E-state index is 0.0882. The molecule has 0 unspecified atom stereocenters. The van der Waals surface area contributed by atoms with Crippen molar-refractivity contribution in [3.05, 3.63) is 252 Å². The van der Waals surface area contributed by atoms with Crippen molar-refractivity contribution in [2.75, 3.05) is 9.80 Å². The molecule has 0 fully saturated rings. The summed E-state index contributed by atoms with van der Waals surface area (Å²) in [6, 6.07) is 62.5. The molecule has 0 saturated carbocycles. The highest BCUT2D eigenvalue weighted by atomic mass is 16.5. The van der Waals surface area contributed by atoms with Gasteiger partial charge in [0, 0.05) is 11.1 Å². The van der Waals surface area contributed by atoms with Crippen LogP contribution in [0.4, 0.5) is 11.4 Å². The first kappa shape index (κ1) is 44.7. The Hall–Kier alpha value is -10.5. The minimum atomic E-state index is -0.659. The fraction of sp³-hybridized carbons (Fsp3) is 0. The Morgan fingerprint density at radius 2 is 0.689 bits per heavy atom. The molecule has 354 valence electrons. The molecule has 4 amide bonds. The lowest BCUT2D eigenvalue weighted by molar-refractivity contribution is 0.0725. The Morgan fingerprint density at radius 3 is 1.09 bits per heavy atom. The number of carbonyl (C=O) groups excluding carboxylic acids is 6. The van der Waals surface area contributed by atoms with Crippen LogP contribution in [0.3, 0.4) is 0 Å². The Bertz CT molecular complexity index is 3710. The first-order valence-electron chi connectivity index (χ1n) is 23.4. The molecule has 12 nitrogen and oxygen atoms in total. The maximum absolute atomic E-state index is 13.8. The monoisotopic (exact) mass is 968 g/mol. The number of hydrogen-bond acceptors (Lipinski definition) is 10. The Balaban J connectivity index is 0.825. The third kappa shape index (κ3) is 8.04. The number of carbonyl (C=O) groups is 6. The number of imide groups is 2. The highest BCUT2D eigenvalue weighted by Crippen LogP contribution is 2.48. The summed E-state index contributed by atoms with van der Waals surface area (Å²) in [4.78, 5) is 83.0. The van der Waals surface area contributed by atoms with Gasteiger partial charge in [-0.3, -0.25) is 19.2 Å². The summed E-state index contributed by atoms with van der Waals surface area (Å²) in [7, 11) is 0. The molecule has 2 aliphatic rings. The van der Waals surface area contributed by atoms with Gasteiger partial charge in [0.15, 0.2) is 0 Å². The van der Waals surface area contributed by atoms with Crippen LogP contribution in [0.2, 0.25) is 0 Å². The van der Waals surface area contributed by atoms with Crippen molar-refractivity contribution in [1.82, 2.24) is 0 Å². The molecule has 12 heteroatoms. The molecule has 10 aromatic carbocycles. The van der Waals surface area contributed by atoms with Crippen molar-refractivity contribution in [3.63, 3.8) is 0 Å². The van der Waals surface area contributed by atoms with Crippen LogP contribution in [0.5, 0.6) is 34.5 Å². The van der Waals surface area contributed by atoms with Gasteiger partial charge in [-0.25, -0.2) is 19.4 Å². The van der Waals surface area contributed by atoms with Crippen molar-refractivity contribution >= 4 is 68.5 Å². The van der Waals surface area contributed by atoms with E-state index in [9.17, 15) is 28.8 Å². The predicted molar refractivity (Wildman–Crippen MR) is 278 cm³/mol. The second kappa shape index (κ2) is 18.4. The Labute approximate surface area is 421 Å². The number of hydrogen-bond donors (Lipinski definition) is 0. The van der Waals surface area contributed by atoms with Gasteiger partial charge in [-0.15, -0.1) is 0 Å². The van der Waals surface area contributed by atoms with E-state index in [-0.39, 0.29) is 33.4 Å². The molecule has 10 aromatic rings. The van der Waals surface area contributed by atoms with Crippen molar-refractivity contribution in [2.24, 2.45) is 0 Å². The van der Waals surface area contributed by atoms with E-state index in [4.69, 9.17) is 18.9 Å². The number of anilines is 2. The van der Waals surface area contributed by atoms with Crippen molar-refractivity contribution < 1.29 is 47.7 Å². The SMILES string of the molecule is O=C(Oc1ccccc1)c1ccc2c(c1)C(=O)N(c1ccc(Oc3ccc4ccccc4c3-c3c(Oc4ccc(N5C(=O)c6ccc(C(=O)Oc7ccccc7)cc6C5=O)cc4)ccc4ccccc34)cc1)C2=O. The molecule has 0 saturated heterocycles. The topological polar surface area (TPSA) is 146 Å². The third-order valence-corrected chi connectivity index (χ3v) is 12.8. The van der Waals surface area contributed by atoms with Crippen LogP contribution in [0.25, 0.3) is 32.7 Å². The zero-order valence-electron chi connectivity index (χ0n) is 38.8. The van der Waals surface area contributed by atoms with Gasteiger partial charge >= 0.3 is 11.9 Å². The molecule has 0 N–H and O–H groups in total. The maximum Gasteiger partial charge on any atom is 0.343 e. The minimum Gasteiger partial charge on any atom is -0.457 e. The second-order valence-corrected chi connectivity index (χ2v) is 17.3. The zero-order chi connectivity index (χ0) is 50.5. The Kier molecular flexibility index (Phi) is 11.1. The van der Waals surface area contributed by atoms with Gasteiger partial charge in [0.05, 0.1) is 44.8 Å². The van der Waals surface area contributed by atoms with Crippen LogP contribution in [0.1, 0.15) is 62.1 Å². The van der Waals surface area contributed by atoms with Crippen molar-refractivity contribution in [1.29, 1.82) is 0 Å². The summed E-state index contributed by atoms with van der Waals surface area (Å²) >= 11 is 0. The molecule has 12 rings (SSSR count). The van der Waals surface area contributed by atoms with E-state index in [0.29, 0.717) is 45.9 Å². The van der Waals surface area contributed by atoms with Gasteiger partial charge in [0.1, 0.15) is 34.5 Å². The number of para-hydroxylation sites is 2. The first-order valence-corrected chi connectivity index (χ1v) is 23.4. The molecule has 0 spiro atoms. The molecule has 0 atom stereocenters. The van der Waals surface area contributed by atoms with Gasteiger partial charge in [-0.2, -0.15) is 0 Å². The van der Waals surface area contributed by atoms with Gasteiger partial charge in [0.25, 0.3) is 23.6 Å². The average Bonchev–Trinajstić information content (AvgIpc) is 3.84. The first-order chi connectivity index (χ1) is 36.2. The lowest BCUT2D eigenvalue weighted by atomic mass is 9.92. The van der Waals surface area contributed by atoms with Crippen LogP contribution in [-0.2, 0) is 0 Å². The van der Waals surface area contributed by atoms with Gasteiger partial charge in [-0.1, -0.05) is 97.1 Å². The van der Waals surface area contributed by atoms with Gasteiger partial charge in [-0.05, 0) is 143 Å². The lowest BCUT2D eigenvalue weighted by Crippen LogP contribution is -2.29. The van der Waals surface area contributed by atoms with Crippen LogP contribution in [0.15, 0.2) is 218 Å². The standard InChI is InChI=1S/C62H36N2O10/c65-57-49-31-19-39(61(69)73-43-13-3-1-4-14-43)35-51(49)59(67)63(57)41-23-27-45(28-24-41)71-53-33-21-37-11-7-9-17-47(37)55(53)56-48-18-10-8-12-38(48)22-34-54(56)72-46-29-25-42(26-30-46)64-58(66)50-32-20-40(36-52(50)60(64)68)62(70)74-44-15-5-2-6-16-44/h1-36H. The van der Waals surface area contributed by atoms with E-state index in [1.165, 1.54) is 36.4 Å². The molecule has 0 radical (unpaired) electrons. The molecule has 0 aromatic heterocycles. The van der Waals surface area contributed by atoms with Gasteiger partial charge < -0.3 is 18.9 Å². The Morgan fingerprint density at radius 1 is 0.324 bits per heavy atom. The number of rotatable bonds is 11. The molecular weight excluding hydrogens is 933 g/mol. The summed E-state index contributed by atoms with van der Waals surface area (Å²) < 4.78 is 24.4. The number of ether oxygens (including phenoxy) is 4. The zero-order valence-corrected chi connectivity index (χ0v) is 38.8. The van der Waals surface area contributed by atoms with E-state index in [1.807, 2.05) is 72.8 Å². The molecule has 74 heavy (non-hydrogen) atoms. The molecule has 0 bridgehead atoms. The number of benzene rings is 10. The number of amides is 4. The smallest absolute Gasteiger partial charge is 0.343 e. The highest BCUT2D eigenvalue weighted by Gasteiger charge is 2.39. The summed E-state index contributed by atoms with van der Waals surface area (Å²) in [5.41, 5.74) is 2.85. The van der Waals surface area contributed by atoms with Crippen LogP contribution >= 0.6 is 0 Å². The fourth-order valence-corrected chi connectivity index (χ4v) is 9.28. The van der Waals surface area contributed by atoms with E-state index in [0.717, 1.165) is 42.5 Å². The lowest BCUT2D eigenvalue weighted by Gasteiger charge is -2.20. The maximum atomic E-state index is 13.8. The third-order valence-electron chi connectivity index (χ3n) is 12.8. The number of nitrogens with zero attached hydrogens (tertiary/aromatic N) is 2. The van der Waals surface area contributed by atoms with E-state index < -0.39 is 35.6 Å². The average molecular weight is 969 g/mol. The summed E-state index contributed by atoms with van der Waals surface area (Å²) in [5.74, 6) is -1.01. The van der Waals surface area contributed by atoms with Crippen LogP contribution in [0, 0.1) is 0 Å². The molecule has 0 aliphatic carbocycles. The quantitative estimate of drug-likeness (QED) is 0.0697. The van der Waals surface area contributed by atoms with E-state index >= 15 is 0 Å². The highest BCUT2D eigenvalue weighted by molar-refractivity contribution is 6.35. The fourth-order valence-electron chi connectivity index (χ4n) is 9.28. The van der Waals surface area contributed by atoms with Crippen molar-refractivity contribution in [3.8, 4) is 45.6 Å². The predicted octanol–water partition coefficient (Wildman–Crippen LogP) is 13.3. The summed E-state index contributed by atoms with van der Waals surface area (Å²) in [6.07, 6.45) is 0. The second-order valence-electron chi connectivity index (χ2n) is 17.3. The van der Waals surface area contributed by atoms with Crippen LogP contribution in [-0.4, -0.2) is 35.6 Å². The van der Waals surface area contributed by atoms with E-state index in [2.05, 4.69) is 0 Å². The summed E-state index contributed by atoms with van der Waals surface area (Å²) in [6.45, 7) is 0. The molecule has 2 heterocycles. The van der Waals surface area contributed by atoms with E-state index in [1.54, 1.807) is 109 Å². The van der Waals surface area contributed by atoms with Gasteiger partial charge in [0.2, 0.25) is 0 Å². The number of fused-ring (bicyclic) bond motifs is 4. The normalized spacial score (nSPS) is 12.8. The summed E-state index contributed by atoms with van der Waals surface area (Å²) in [5, 5.41) is 3.63. The molecule has 2 aliphatic heterocycles. The largest absolute Gasteiger partial charge is 0.457 e. The van der Waals surface area contributed by atoms with Crippen molar-refractivity contribution in [2.45, 2.75) is 0 Å².